The Kier molecular flexibility index (Phi) is 6.52. The third-order valence-corrected chi connectivity index (χ3v) is 2.97. The molecular weight excluding hydrogens is 260 g/mol. The van der Waals surface area contributed by atoms with Crippen molar-refractivity contribution in [3.8, 4) is 0 Å². The number of nitrogens with two attached hydrogens (primary N) is 1. The number of aromatic carboxylic acids is 1. The maximum absolute atomic E-state index is 11.3. The fourth-order valence-electron chi connectivity index (χ4n) is 1.91. The molecule has 1 amide bonds. The van der Waals surface area contributed by atoms with Crippen molar-refractivity contribution in [1.29, 1.82) is 0 Å². The molecule has 0 unspecified atom stereocenters. The molecule has 4 N–H and O–H groups in total. The molecule has 110 valence electrons. The van der Waals surface area contributed by atoms with Crippen molar-refractivity contribution in [1.82, 2.24) is 0 Å². The molecule has 0 fully saturated rings. The van der Waals surface area contributed by atoms with Gasteiger partial charge in [-0.3, -0.25) is 4.90 Å². The first kappa shape index (κ1) is 16.0. The first-order chi connectivity index (χ1) is 9.56. The van der Waals surface area contributed by atoms with Gasteiger partial charge in [-0.1, -0.05) is 18.9 Å². The Morgan fingerprint density at radius 3 is 2.40 bits per heavy atom. The fraction of sp³-hybridized carbons (Fsp3) is 0.429. The number of carbonyl (C=O) groups is 2. The molecule has 1 aromatic carbocycles. The van der Waals surface area contributed by atoms with Gasteiger partial charge in [0.25, 0.3) is 0 Å². The van der Waals surface area contributed by atoms with E-state index in [1.807, 2.05) is 0 Å². The van der Waals surface area contributed by atoms with Crippen molar-refractivity contribution in [3.05, 3.63) is 29.8 Å². The summed E-state index contributed by atoms with van der Waals surface area (Å²) < 4.78 is 0. The van der Waals surface area contributed by atoms with Crippen LogP contribution in [0.3, 0.4) is 0 Å². The molecule has 0 saturated carbocycles. The average molecular weight is 280 g/mol. The van der Waals surface area contributed by atoms with Crippen molar-refractivity contribution in [2.24, 2.45) is 5.73 Å². The van der Waals surface area contributed by atoms with Crippen LogP contribution < -0.4 is 10.6 Å². The number of hydrogen-bond acceptors (Lipinski definition) is 3. The van der Waals surface area contributed by atoms with Crippen molar-refractivity contribution in [2.45, 2.75) is 25.7 Å². The smallest absolute Gasteiger partial charge is 0.411 e. The summed E-state index contributed by atoms with van der Waals surface area (Å²) in [6.07, 6.45) is 2.45. The number of benzene rings is 1. The lowest BCUT2D eigenvalue weighted by molar-refractivity contribution is 0.0696. The van der Waals surface area contributed by atoms with Crippen LogP contribution in [0.4, 0.5) is 10.5 Å². The van der Waals surface area contributed by atoms with Gasteiger partial charge in [0.05, 0.1) is 5.56 Å². The van der Waals surface area contributed by atoms with Crippen LogP contribution in [0, 0.1) is 0 Å². The normalized spacial score (nSPS) is 10.2. The van der Waals surface area contributed by atoms with E-state index in [0.717, 1.165) is 25.7 Å². The molecule has 0 bridgehead atoms. The molecule has 6 nitrogen and oxygen atoms in total. The minimum Gasteiger partial charge on any atom is -0.478 e. The van der Waals surface area contributed by atoms with Gasteiger partial charge in [0.15, 0.2) is 0 Å². The number of amides is 1. The molecule has 0 aromatic heterocycles. The number of unbranched alkanes of at least 4 members (excludes halogenated alkanes) is 3. The van der Waals surface area contributed by atoms with Gasteiger partial charge < -0.3 is 15.9 Å². The summed E-state index contributed by atoms with van der Waals surface area (Å²) in [6, 6.07) is 5.95. The topological polar surface area (TPSA) is 104 Å². The molecule has 0 aliphatic carbocycles. The quantitative estimate of drug-likeness (QED) is 0.634. The van der Waals surface area contributed by atoms with E-state index in [0.29, 0.717) is 18.8 Å². The monoisotopic (exact) mass is 280 g/mol. The molecular formula is C14H20N2O4. The lowest BCUT2D eigenvalue weighted by Crippen LogP contribution is -2.30. The fourth-order valence-corrected chi connectivity index (χ4v) is 1.91. The Labute approximate surface area is 117 Å². The molecule has 0 aliphatic heterocycles. The summed E-state index contributed by atoms with van der Waals surface area (Å²) in [7, 11) is 0. The second-order valence-electron chi connectivity index (χ2n) is 4.49. The van der Waals surface area contributed by atoms with E-state index in [1.165, 1.54) is 17.0 Å². The zero-order chi connectivity index (χ0) is 15.0. The van der Waals surface area contributed by atoms with Crippen molar-refractivity contribution < 1.29 is 19.8 Å². The van der Waals surface area contributed by atoms with Gasteiger partial charge in [-0.25, -0.2) is 9.59 Å². The van der Waals surface area contributed by atoms with E-state index in [-0.39, 0.29) is 5.56 Å². The summed E-state index contributed by atoms with van der Waals surface area (Å²) >= 11 is 0. The van der Waals surface area contributed by atoms with Crippen molar-refractivity contribution in [2.75, 3.05) is 18.0 Å². The second-order valence-corrected chi connectivity index (χ2v) is 4.49. The van der Waals surface area contributed by atoms with Crippen LogP contribution in [0.2, 0.25) is 0 Å². The first-order valence-electron chi connectivity index (χ1n) is 6.60. The highest BCUT2D eigenvalue weighted by atomic mass is 16.4. The Morgan fingerprint density at radius 2 is 1.80 bits per heavy atom. The van der Waals surface area contributed by atoms with Gasteiger partial charge in [0, 0.05) is 12.2 Å². The van der Waals surface area contributed by atoms with E-state index in [4.69, 9.17) is 10.8 Å². The van der Waals surface area contributed by atoms with Crippen LogP contribution in [0.25, 0.3) is 0 Å². The molecule has 0 spiro atoms. The maximum Gasteiger partial charge on any atom is 0.411 e. The highest BCUT2D eigenvalue weighted by Gasteiger charge is 2.15. The molecule has 1 rings (SSSR count). The van der Waals surface area contributed by atoms with E-state index >= 15 is 0 Å². The van der Waals surface area contributed by atoms with Gasteiger partial charge in [-0.05, 0) is 37.6 Å². The Balaban J connectivity index is 2.68. The number of carboxylic acid groups (broad SMARTS) is 2. The molecule has 20 heavy (non-hydrogen) atoms. The third kappa shape index (κ3) is 4.89. The SMILES string of the molecule is NCCCCCCN(C(=O)O)c1cccc(C(=O)O)c1. The molecule has 6 heteroatoms. The highest BCUT2D eigenvalue weighted by molar-refractivity contribution is 5.92. The van der Waals surface area contributed by atoms with Crippen LogP contribution >= 0.6 is 0 Å². The summed E-state index contributed by atoms with van der Waals surface area (Å²) in [5, 5.41) is 18.1. The van der Waals surface area contributed by atoms with Gasteiger partial charge in [-0.15, -0.1) is 0 Å². The van der Waals surface area contributed by atoms with Gasteiger partial charge in [-0.2, -0.15) is 0 Å². The zero-order valence-corrected chi connectivity index (χ0v) is 11.3. The zero-order valence-electron chi connectivity index (χ0n) is 11.3. The number of hydrogen-bond donors (Lipinski definition) is 3. The summed E-state index contributed by atoms with van der Waals surface area (Å²) in [5.41, 5.74) is 5.86. The summed E-state index contributed by atoms with van der Waals surface area (Å²) in [5.74, 6) is -1.07. The Hall–Kier alpha value is -2.08. The summed E-state index contributed by atoms with van der Waals surface area (Å²) in [4.78, 5) is 23.3. The van der Waals surface area contributed by atoms with E-state index < -0.39 is 12.1 Å². The van der Waals surface area contributed by atoms with E-state index in [1.54, 1.807) is 12.1 Å². The molecule has 0 radical (unpaired) electrons. The lowest BCUT2D eigenvalue weighted by atomic mass is 10.1. The summed E-state index contributed by atoms with van der Waals surface area (Å²) in [6.45, 7) is 0.992. The largest absolute Gasteiger partial charge is 0.478 e. The number of rotatable bonds is 8. The van der Waals surface area contributed by atoms with Gasteiger partial charge >= 0.3 is 12.1 Å². The Morgan fingerprint density at radius 1 is 1.10 bits per heavy atom. The minimum absolute atomic E-state index is 0.0804. The molecule has 0 heterocycles. The van der Waals surface area contributed by atoms with Crippen LogP contribution in [0.1, 0.15) is 36.0 Å². The average Bonchev–Trinajstić information content (AvgIpc) is 2.42. The van der Waals surface area contributed by atoms with Crippen molar-refractivity contribution in [3.63, 3.8) is 0 Å². The number of carboxylic acids is 1. The van der Waals surface area contributed by atoms with Crippen molar-refractivity contribution >= 4 is 17.7 Å². The first-order valence-corrected chi connectivity index (χ1v) is 6.60. The van der Waals surface area contributed by atoms with Crippen LogP contribution in [0.5, 0.6) is 0 Å². The highest BCUT2D eigenvalue weighted by Crippen LogP contribution is 2.17. The predicted molar refractivity (Wildman–Crippen MR) is 76.3 cm³/mol. The third-order valence-electron chi connectivity index (χ3n) is 2.97. The maximum atomic E-state index is 11.3. The number of nitrogens with zero attached hydrogens (tertiary/aromatic N) is 1. The molecule has 1 aromatic rings. The number of anilines is 1. The predicted octanol–water partition coefficient (Wildman–Crippen LogP) is 2.39. The van der Waals surface area contributed by atoms with Crippen LogP contribution in [0.15, 0.2) is 24.3 Å². The second kappa shape index (κ2) is 8.16. The molecule has 0 saturated heterocycles. The minimum atomic E-state index is -1.08. The molecule has 0 aliphatic rings. The van der Waals surface area contributed by atoms with Gasteiger partial charge in [0.2, 0.25) is 0 Å². The van der Waals surface area contributed by atoms with Crippen LogP contribution in [-0.4, -0.2) is 35.4 Å². The van der Waals surface area contributed by atoms with Crippen LogP contribution in [-0.2, 0) is 0 Å². The lowest BCUT2D eigenvalue weighted by Gasteiger charge is -2.19. The van der Waals surface area contributed by atoms with Gasteiger partial charge in [0.1, 0.15) is 0 Å². The Bertz CT molecular complexity index is 462. The standard InChI is InChI=1S/C14H20N2O4/c15-8-3-1-2-4-9-16(14(19)20)12-7-5-6-11(10-12)13(17)18/h5-7,10H,1-4,8-9,15H2,(H,17,18)(H,19,20). The van der Waals surface area contributed by atoms with E-state index in [2.05, 4.69) is 0 Å². The molecule has 0 atom stereocenters. The van der Waals surface area contributed by atoms with E-state index in [9.17, 15) is 14.7 Å².